The van der Waals surface area contributed by atoms with Crippen LogP contribution >= 0.6 is 34.4 Å². The molecule has 30 heavy (non-hydrogen) atoms. The molecule has 0 radical (unpaired) electrons. The van der Waals surface area contributed by atoms with Gasteiger partial charge in [0.2, 0.25) is 0 Å². The number of hydrogen-bond acceptors (Lipinski definition) is 5. The van der Waals surface area contributed by atoms with E-state index in [-0.39, 0.29) is 11.1 Å². The van der Waals surface area contributed by atoms with Crippen molar-refractivity contribution in [2.24, 2.45) is 0 Å². The average molecular weight is 531 g/mol. The van der Waals surface area contributed by atoms with E-state index in [1.807, 2.05) is 24.3 Å². The van der Waals surface area contributed by atoms with Crippen LogP contribution in [-0.2, 0) is 11.4 Å². The van der Waals surface area contributed by atoms with Gasteiger partial charge in [-0.25, -0.2) is 0 Å². The zero-order valence-corrected chi connectivity index (χ0v) is 19.3. The smallest absolute Gasteiger partial charge is 0.293 e. The zero-order chi connectivity index (χ0) is 21.3. The van der Waals surface area contributed by atoms with Crippen molar-refractivity contribution in [3.05, 3.63) is 74.2 Å². The van der Waals surface area contributed by atoms with Gasteiger partial charge in [0.1, 0.15) is 6.61 Å². The van der Waals surface area contributed by atoms with Crippen molar-refractivity contribution in [1.29, 1.82) is 0 Å². The van der Waals surface area contributed by atoms with Gasteiger partial charge in [-0.15, -0.1) is 0 Å². The molecule has 152 valence electrons. The molecule has 0 atom stereocenters. The molecule has 3 aromatic rings. The molecule has 0 saturated carbocycles. The van der Waals surface area contributed by atoms with Gasteiger partial charge in [0, 0.05) is 7.05 Å². The van der Waals surface area contributed by atoms with Crippen molar-refractivity contribution in [2.45, 2.75) is 6.61 Å². The lowest BCUT2D eigenvalue weighted by molar-refractivity contribution is -0.121. The van der Waals surface area contributed by atoms with Gasteiger partial charge in [-0.3, -0.25) is 14.5 Å². The van der Waals surface area contributed by atoms with Gasteiger partial charge in [-0.1, -0.05) is 36.4 Å². The monoisotopic (exact) mass is 531 g/mol. The molecule has 1 heterocycles. The second-order valence-electron chi connectivity index (χ2n) is 6.75. The first-order chi connectivity index (χ1) is 14.5. The number of hydrogen-bond donors (Lipinski definition) is 0. The Morgan fingerprint density at radius 3 is 2.53 bits per heavy atom. The highest BCUT2D eigenvalue weighted by Crippen LogP contribution is 2.37. The average Bonchev–Trinajstić information content (AvgIpc) is 2.99. The summed E-state index contributed by atoms with van der Waals surface area (Å²) in [7, 11) is 3.06. The van der Waals surface area contributed by atoms with Crippen LogP contribution in [0.5, 0.6) is 11.5 Å². The first-order valence-corrected chi connectivity index (χ1v) is 11.1. The van der Waals surface area contributed by atoms with Crippen molar-refractivity contribution in [1.82, 2.24) is 4.90 Å². The third kappa shape index (κ3) is 4.17. The lowest BCUT2D eigenvalue weighted by Gasteiger charge is -2.14. The predicted octanol–water partition coefficient (Wildman–Crippen LogP) is 5.70. The van der Waals surface area contributed by atoms with Crippen LogP contribution < -0.4 is 9.47 Å². The fraction of sp³-hybridized carbons (Fsp3) is 0.130. The minimum atomic E-state index is -0.296. The number of carbonyl (C=O) groups is 2. The lowest BCUT2D eigenvalue weighted by atomic mass is 10.1. The Labute approximate surface area is 192 Å². The summed E-state index contributed by atoms with van der Waals surface area (Å²) in [6.45, 7) is 0.408. The van der Waals surface area contributed by atoms with Gasteiger partial charge in [-0.2, -0.15) is 0 Å². The van der Waals surface area contributed by atoms with Gasteiger partial charge in [0.15, 0.2) is 11.5 Å². The third-order valence-corrected chi connectivity index (χ3v) is 6.50. The van der Waals surface area contributed by atoms with Crippen LogP contribution in [0.2, 0.25) is 0 Å². The van der Waals surface area contributed by atoms with Crippen molar-refractivity contribution in [3.63, 3.8) is 0 Å². The topological polar surface area (TPSA) is 55.8 Å². The van der Waals surface area contributed by atoms with E-state index in [0.29, 0.717) is 23.0 Å². The maximum atomic E-state index is 12.1. The number of imide groups is 1. The highest BCUT2D eigenvalue weighted by Gasteiger charge is 2.31. The number of fused-ring (bicyclic) bond motifs is 1. The summed E-state index contributed by atoms with van der Waals surface area (Å²) in [6.07, 6.45) is 1.70. The summed E-state index contributed by atoms with van der Waals surface area (Å²) in [5.41, 5.74) is 1.83. The Morgan fingerprint density at radius 2 is 1.83 bits per heavy atom. The highest BCUT2D eigenvalue weighted by molar-refractivity contribution is 14.1. The second-order valence-corrected chi connectivity index (χ2v) is 8.90. The zero-order valence-electron chi connectivity index (χ0n) is 16.3. The van der Waals surface area contributed by atoms with Crippen molar-refractivity contribution in [2.75, 3.05) is 14.2 Å². The normalized spacial score (nSPS) is 15.3. The number of methoxy groups -OCH3 is 1. The molecule has 0 spiro atoms. The number of ether oxygens (including phenoxy) is 2. The lowest BCUT2D eigenvalue weighted by Crippen LogP contribution is -2.22. The van der Waals surface area contributed by atoms with Crippen LogP contribution in [0.3, 0.4) is 0 Å². The van der Waals surface area contributed by atoms with Crippen LogP contribution in [0.1, 0.15) is 11.1 Å². The maximum absolute atomic E-state index is 12.1. The summed E-state index contributed by atoms with van der Waals surface area (Å²) in [4.78, 5) is 25.4. The van der Waals surface area contributed by atoms with E-state index in [4.69, 9.17) is 9.47 Å². The Hall–Kier alpha value is -2.52. The second kappa shape index (κ2) is 8.69. The largest absolute Gasteiger partial charge is 0.493 e. The molecule has 7 heteroatoms. The Morgan fingerprint density at radius 1 is 1.07 bits per heavy atom. The molecule has 5 nitrogen and oxygen atoms in total. The fourth-order valence-electron chi connectivity index (χ4n) is 3.14. The van der Waals surface area contributed by atoms with Crippen molar-refractivity contribution in [3.8, 4) is 11.5 Å². The molecule has 0 aromatic heterocycles. The minimum absolute atomic E-state index is 0.275. The van der Waals surface area contributed by atoms with E-state index in [0.717, 1.165) is 31.4 Å². The summed E-state index contributed by atoms with van der Waals surface area (Å²) in [5.74, 6) is 0.923. The number of nitrogens with zero attached hydrogens (tertiary/aromatic N) is 1. The third-order valence-electron chi connectivity index (χ3n) is 4.73. The molecule has 0 N–H and O–H groups in total. The molecule has 1 aliphatic heterocycles. The molecule has 0 unspecified atom stereocenters. The standard InChI is InChI=1S/C23H18INO4S/c1-25-22(26)20(30-23(25)27)12-15-10-18(24)21(19(11-15)28-2)29-13-14-7-8-16-5-3-4-6-17(16)9-14/h3-12H,13H2,1-2H3/b20-12-. The van der Waals surface area contributed by atoms with Crippen LogP contribution in [0.15, 0.2) is 59.5 Å². The number of likely N-dealkylation sites (N-methyl/N-ethyl adjacent to an activating group) is 1. The molecule has 1 saturated heterocycles. The van der Waals surface area contributed by atoms with Crippen LogP contribution in [0, 0.1) is 3.57 Å². The Balaban J connectivity index is 1.58. The number of thioether (sulfide) groups is 1. The maximum Gasteiger partial charge on any atom is 0.293 e. The van der Waals surface area contributed by atoms with E-state index in [1.54, 1.807) is 13.2 Å². The first-order valence-electron chi connectivity index (χ1n) is 9.16. The van der Waals surface area contributed by atoms with Gasteiger partial charge in [0.05, 0.1) is 15.6 Å². The van der Waals surface area contributed by atoms with E-state index in [2.05, 4.69) is 52.9 Å². The van der Waals surface area contributed by atoms with Crippen LogP contribution in [-0.4, -0.2) is 30.2 Å². The van der Waals surface area contributed by atoms with E-state index in [9.17, 15) is 9.59 Å². The highest BCUT2D eigenvalue weighted by atomic mass is 127. The van der Waals surface area contributed by atoms with Crippen LogP contribution in [0.25, 0.3) is 16.8 Å². The summed E-state index contributed by atoms with van der Waals surface area (Å²) in [6, 6.07) is 18.2. The number of carbonyl (C=O) groups excluding carboxylic acids is 2. The molecule has 3 aromatic carbocycles. The summed E-state index contributed by atoms with van der Waals surface area (Å²) < 4.78 is 12.5. The van der Waals surface area contributed by atoms with Gasteiger partial charge >= 0.3 is 0 Å². The molecular weight excluding hydrogens is 513 g/mol. The number of rotatable bonds is 5. The van der Waals surface area contributed by atoms with Crippen molar-refractivity contribution >= 4 is 62.3 Å². The van der Waals surface area contributed by atoms with Gasteiger partial charge in [-0.05, 0) is 80.5 Å². The van der Waals surface area contributed by atoms with E-state index in [1.165, 1.54) is 17.8 Å². The van der Waals surface area contributed by atoms with Crippen LogP contribution in [0.4, 0.5) is 4.79 Å². The predicted molar refractivity (Wildman–Crippen MR) is 128 cm³/mol. The van der Waals surface area contributed by atoms with Gasteiger partial charge in [0.25, 0.3) is 11.1 Å². The Bertz CT molecular complexity index is 1190. The summed E-state index contributed by atoms with van der Waals surface area (Å²) in [5, 5.41) is 2.08. The molecule has 0 bridgehead atoms. The SMILES string of the molecule is COc1cc(/C=C2\SC(=O)N(C)C2=O)cc(I)c1OCc1ccc2ccccc2c1. The first kappa shape index (κ1) is 20.7. The number of amides is 2. The summed E-state index contributed by atoms with van der Waals surface area (Å²) >= 11 is 3.12. The van der Waals surface area contributed by atoms with E-state index >= 15 is 0 Å². The molecular formula is C23H18INO4S. The molecule has 2 amide bonds. The molecule has 4 rings (SSSR count). The minimum Gasteiger partial charge on any atom is -0.493 e. The number of benzene rings is 3. The van der Waals surface area contributed by atoms with Gasteiger partial charge < -0.3 is 9.47 Å². The number of halogens is 1. The fourth-order valence-corrected chi connectivity index (χ4v) is 4.75. The molecule has 1 fully saturated rings. The molecule has 1 aliphatic rings. The van der Waals surface area contributed by atoms with E-state index < -0.39 is 0 Å². The Kier molecular flexibility index (Phi) is 6.01. The quantitative estimate of drug-likeness (QED) is 0.313. The van der Waals surface area contributed by atoms with Crippen molar-refractivity contribution < 1.29 is 19.1 Å². The molecule has 0 aliphatic carbocycles.